The molecule has 2 aliphatic rings. The summed E-state index contributed by atoms with van der Waals surface area (Å²) < 4.78 is 22.5. The second kappa shape index (κ2) is 4.57. The van der Waals surface area contributed by atoms with E-state index >= 15 is 0 Å². The van der Waals surface area contributed by atoms with E-state index in [9.17, 15) is 13.2 Å². The Labute approximate surface area is 102 Å². The van der Waals surface area contributed by atoms with Crippen LogP contribution in [0.15, 0.2) is 0 Å². The van der Waals surface area contributed by atoms with E-state index in [1.165, 1.54) is 19.8 Å². The highest BCUT2D eigenvalue weighted by atomic mass is 32.2. The van der Waals surface area contributed by atoms with Crippen molar-refractivity contribution in [1.29, 1.82) is 0 Å². The van der Waals surface area contributed by atoms with Gasteiger partial charge in [-0.15, -0.1) is 0 Å². The highest BCUT2D eigenvalue weighted by Crippen LogP contribution is 2.29. The molecule has 1 amide bonds. The molecule has 0 aromatic heterocycles. The van der Waals surface area contributed by atoms with Crippen LogP contribution in [0, 0.1) is 0 Å². The van der Waals surface area contributed by atoms with Crippen molar-refractivity contribution >= 4 is 15.7 Å². The summed E-state index contributed by atoms with van der Waals surface area (Å²) in [6, 6.07) is 0.830. The normalized spacial score (nSPS) is 28.0. The van der Waals surface area contributed by atoms with Crippen molar-refractivity contribution < 1.29 is 13.2 Å². The maximum Gasteiger partial charge on any atom is 0.238 e. The minimum absolute atomic E-state index is 0.118. The second-order valence-corrected chi connectivity index (χ2v) is 7.56. The molecule has 6 heteroatoms. The Morgan fingerprint density at radius 2 is 2.00 bits per heavy atom. The minimum Gasteiger partial charge on any atom is -0.351 e. The Morgan fingerprint density at radius 1 is 1.35 bits per heavy atom. The highest BCUT2D eigenvalue weighted by molar-refractivity contribution is 7.92. The molecule has 1 aliphatic heterocycles. The van der Waals surface area contributed by atoms with Crippen LogP contribution in [0.1, 0.15) is 26.2 Å². The second-order valence-electron chi connectivity index (χ2n) is 5.19. The zero-order valence-electron chi connectivity index (χ0n) is 10.3. The zero-order chi connectivity index (χ0) is 12.6. The number of sulfone groups is 1. The summed E-state index contributed by atoms with van der Waals surface area (Å²) >= 11 is 0. The Balaban J connectivity index is 1.83. The molecule has 0 aromatic carbocycles. The lowest BCUT2D eigenvalue weighted by molar-refractivity contribution is -0.121. The Morgan fingerprint density at radius 3 is 2.53 bits per heavy atom. The lowest BCUT2D eigenvalue weighted by Gasteiger charge is -2.17. The topological polar surface area (TPSA) is 66.5 Å². The molecule has 98 valence electrons. The Hall–Kier alpha value is -0.620. The molecule has 0 bridgehead atoms. The number of hydrogen-bond acceptors (Lipinski definition) is 4. The molecule has 2 rings (SSSR count). The van der Waals surface area contributed by atoms with Crippen LogP contribution < -0.4 is 5.32 Å². The number of hydrogen-bond donors (Lipinski definition) is 1. The molecule has 2 atom stereocenters. The third kappa shape index (κ3) is 3.19. The van der Waals surface area contributed by atoms with Crippen LogP contribution in [-0.4, -0.2) is 55.9 Å². The lowest BCUT2D eigenvalue weighted by atomic mass is 10.2. The molecule has 0 radical (unpaired) electrons. The SMILES string of the molecule is C[C@@H](C(=O)N[C@@H]1CCN(C2CC2)C1)S(C)(=O)=O. The van der Waals surface area contributed by atoms with Crippen molar-refractivity contribution in [3.05, 3.63) is 0 Å². The molecule has 2 fully saturated rings. The van der Waals surface area contributed by atoms with Gasteiger partial charge in [-0.05, 0) is 26.2 Å². The van der Waals surface area contributed by atoms with Crippen molar-refractivity contribution in [3.63, 3.8) is 0 Å². The molecule has 1 saturated carbocycles. The number of carbonyl (C=O) groups excluding carboxylic acids is 1. The predicted octanol–water partition coefficient (Wildman–Crippen LogP) is -0.228. The number of likely N-dealkylation sites (tertiary alicyclic amines) is 1. The molecule has 1 aliphatic carbocycles. The third-order valence-electron chi connectivity index (χ3n) is 3.64. The summed E-state index contributed by atoms with van der Waals surface area (Å²) in [6.45, 7) is 3.33. The molecule has 1 saturated heterocycles. The quantitative estimate of drug-likeness (QED) is 0.758. The van der Waals surface area contributed by atoms with Gasteiger partial charge in [-0.2, -0.15) is 0 Å². The van der Waals surface area contributed by atoms with E-state index in [1.807, 2.05) is 0 Å². The van der Waals surface area contributed by atoms with Crippen molar-refractivity contribution in [2.24, 2.45) is 0 Å². The third-order valence-corrected chi connectivity index (χ3v) is 5.14. The van der Waals surface area contributed by atoms with Gasteiger partial charge in [0.15, 0.2) is 9.84 Å². The first-order chi connectivity index (χ1) is 7.88. The minimum atomic E-state index is -3.29. The first-order valence-corrected chi connectivity index (χ1v) is 8.06. The summed E-state index contributed by atoms with van der Waals surface area (Å²) in [6.07, 6.45) is 4.56. The standard InChI is InChI=1S/C11H20N2O3S/c1-8(17(2,15)16)11(14)12-9-5-6-13(7-9)10-3-4-10/h8-10H,3-7H2,1-2H3,(H,12,14)/t8-,9+/m0/s1. The first-order valence-electron chi connectivity index (χ1n) is 6.11. The summed E-state index contributed by atoms with van der Waals surface area (Å²) in [5, 5.41) is 1.89. The number of amides is 1. The average molecular weight is 260 g/mol. The van der Waals surface area contributed by atoms with Gasteiger partial charge in [0.1, 0.15) is 5.25 Å². The van der Waals surface area contributed by atoms with Crippen LogP contribution in [0.25, 0.3) is 0 Å². The van der Waals surface area contributed by atoms with Crippen LogP contribution in [0.4, 0.5) is 0 Å². The molecule has 0 spiro atoms. The molecule has 0 unspecified atom stereocenters. The van der Waals surface area contributed by atoms with Crippen LogP contribution in [0.2, 0.25) is 0 Å². The van der Waals surface area contributed by atoms with E-state index in [2.05, 4.69) is 10.2 Å². The van der Waals surface area contributed by atoms with Gasteiger partial charge < -0.3 is 5.32 Å². The summed E-state index contributed by atoms with van der Waals surface area (Å²) in [4.78, 5) is 14.1. The van der Waals surface area contributed by atoms with Gasteiger partial charge in [-0.25, -0.2) is 8.42 Å². The van der Waals surface area contributed by atoms with Crippen LogP contribution in [0.5, 0.6) is 0 Å². The van der Waals surface area contributed by atoms with Crippen molar-refractivity contribution in [2.45, 2.75) is 43.5 Å². The number of carbonyl (C=O) groups is 1. The zero-order valence-corrected chi connectivity index (χ0v) is 11.2. The van der Waals surface area contributed by atoms with Gasteiger partial charge in [0.25, 0.3) is 0 Å². The van der Waals surface area contributed by atoms with Crippen LogP contribution in [0.3, 0.4) is 0 Å². The fourth-order valence-corrected chi connectivity index (χ4v) is 2.65. The van der Waals surface area contributed by atoms with Crippen LogP contribution >= 0.6 is 0 Å². The largest absolute Gasteiger partial charge is 0.351 e. The monoisotopic (exact) mass is 260 g/mol. The maximum atomic E-state index is 11.7. The summed E-state index contributed by atoms with van der Waals surface area (Å²) in [7, 11) is -3.29. The Bertz CT molecular complexity index is 403. The smallest absolute Gasteiger partial charge is 0.238 e. The van der Waals surface area contributed by atoms with Gasteiger partial charge in [0.05, 0.1) is 0 Å². The predicted molar refractivity (Wildman–Crippen MR) is 65.4 cm³/mol. The lowest BCUT2D eigenvalue weighted by Crippen LogP contribution is -2.44. The highest BCUT2D eigenvalue weighted by Gasteiger charge is 2.35. The number of nitrogens with one attached hydrogen (secondary N) is 1. The number of rotatable bonds is 4. The van der Waals surface area contributed by atoms with E-state index in [-0.39, 0.29) is 11.9 Å². The Kier molecular flexibility index (Phi) is 3.45. The van der Waals surface area contributed by atoms with Crippen molar-refractivity contribution in [1.82, 2.24) is 10.2 Å². The molecule has 5 nitrogen and oxygen atoms in total. The fourth-order valence-electron chi connectivity index (χ4n) is 2.19. The molecule has 17 heavy (non-hydrogen) atoms. The number of nitrogens with zero attached hydrogens (tertiary/aromatic N) is 1. The van der Waals surface area contributed by atoms with Gasteiger partial charge >= 0.3 is 0 Å². The van der Waals surface area contributed by atoms with E-state index in [0.29, 0.717) is 6.04 Å². The molecular weight excluding hydrogens is 240 g/mol. The van der Waals surface area contributed by atoms with E-state index in [4.69, 9.17) is 0 Å². The summed E-state index contributed by atoms with van der Waals surface area (Å²) in [5.74, 6) is -0.366. The van der Waals surface area contributed by atoms with Gasteiger partial charge in [0.2, 0.25) is 5.91 Å². The molecule has 1 N–H and O–H groups in total. The van der Waals surface area contributed by atoms with Crippen molar-refractivity contribution in [3.8, 4) is 0 Å². The maximum absolute atomic E-state index is 11.7. The molecule has 0 aromatic rings. The van der Waals surface area contributed by atoms with Gasteiger partial charge in [-0.3, -0.25) is 9.69 Å². The van der Waals surface area contributed by atoms with Gasteiger partial charge in [-0.1, -0.05) is 0 Å². The average Bonchev–Trinajstić information content (AvgIpc) is 2.98. The van der Waals surface area contributed by atoms with Crippen LogP contribution in [-0.2, 0) is 14.6 Å². The first kappa shape index (κ1) is 12.8. The molecule has 1 heterocycles. The molecular formula is C11H20N2O3S. The summed E-state index contributed by atoms with van der Waals surface area (Å²) in [5.41, 5.74) is 0. The van der Waals surface area contributed by atoms with E-state index < -0.39 is 15.1 Å². The van der Waals surface area contributed by atoms with Gasteiger partial charge in [0, 0.05) is 31.4 Å². The van der Waals surface area contributed by atoms with E-state index in [1.54, 1.807) is 0 Å². The van der Waals surface area contributed by atoms with E-state index in [0.717, 1.165) is 25.8 Å². The fraction of sp³-hybridized carbons (Fsp3) is 0.909. The van der Waals surface area contributed by atoms with Crippen molar-refractivity contribution in [2.75, 3.05) is 19.3 Å².